The van der Waals surface area contributed by atoms with Gasteiger partial charge in [-0.05, 0) is 40.9 Å². The van der Waals surface area contributed by atoms with E-state index in [4.69, 9.17) is 5.73 Å². The molecule has 0 aliphatic rings. The van der Waals surface area contributed by atoms with E-state index in [1.807, 2.05) is 13.8 Å². The van der Waals surface area contributed by atoms with Gasteiger partial charge in [-0.1, -0.05) is 13.8 Å². The number of hydrogen-bond acceptors (Lipinski definition) is 3. The zero-order valence-electron chi connectivity index (χ0n) is 12.2. The average Bonchev–Trinajstić information content (AvgIpc) is 2.39. The summed E-state index contributed by atoms with van der Waals surface area (Å²) in [6.07, 6.45) is 0. The molecule has 0 saturated heterocycles. The van der Waals surface area contributed by atoms with Crippen LogP contribution in [-0.2, 0) is 4.79 Å². The molecule has 0 spiro atoms. The molecule has 116 valence electrons. The van der Waals surface area contributed by atoms with Crippen LogP contribution in [0.2, 0.25) is 0 Å². The van der Waals surface area contributed by atoms with Gasteiger partial charge >= 0.3 is 0 Å². The number of benzene rings is 1. The van der Waals surface area contributed by atoms with Crippen molar-refractivity contribution in [1.82, 2.24) is 10.6 Å². The van der Waals surface area contributed by atoms with E-state index in [9.17, 15) is 14.0 Å². The van der Waals surface area contributed by atoms with Crippen LogP contribution in [0.4, 0.5) is 10.1 Å². The molecule has 0 aliphatic carbocycles. The van der Waals surface area contributed by atoms with Gasteiger partial charge in [0.2, 0.25) is 5.91 Å². The molecule has 21 heavy (non-hydrogen) atoms. The molecule has 0 heterocycles. The van der Waals surface area contributed by atoms with Crippen molar-refractivity contribution >= 4 is 33.4 Å². The Kier molecular flexibility index (Phi) is 6.14. The van der Waals surface area contributed by atoms with Gasteiger partial charge in [0.25, 0.3) is 5.91 Å². The summed E-state index contributed by atoms with van der Waals surface area (Å²) in [7, 11) is 0. The molecule has 0 saturated carbocycles. The van der Waals surface area contributed by atoms with E-state index in [1.165, 1.54) is 6.07 Å². The number of halogens is 2. The predicted octanol–water partition coefficient (Wildman–Crippen LogP) is 2.06. The Morgan fingerprint density at radius 3 is 2.52 bits per heavy atom. The van der Waals surface area contributed by atoms with Crippen molar-refractivity contribution in [3.63, 3.8) is 0 Å². The molecule has 1 aromatic carbocycles. The Morgan fingerprint density at radius 2 is 1.95 bits per heavy atom. The number of nitrogen functional groups attached to an aromatic ring is 1. The molecule has 1 aromatic rings. The Hall–Kier alpha value is -1.63. The summed E-state index contributed by atoms with van der Waals surface area (Å²) in [5.41, 5.74) is 5.50. The molecular formula is C14H19BrFN3O2. The molecule has 1 atom stereocenters. The van der Waals surface area contributed by atoms with Gasteiger partial charge in [-0.25, -0.2) is 4.39 Å². The van der Waals surface area contributed by atoms with Crippen LogP contribution in [0.3, 0.4) is 0 Å². The Morgan fingerprint density at radius 1 is 1.33 bits per heavy atom. The number of hydrogen-bond donors (Lipinski definition) is 3. The minimum atomic E-state index is -0.700. The minimum absolute atomic E-state index is 0.125. The highest BCUT2D eigenvalue weighted by Gasteiger charge is 2.19. The fourth-order valence-electron chi connectivity index (χ4n) is 1.54. The maximum absolute atomic E-state index is 13.2. The van der Waals surface area contributed by atoms with Crippen LogP contribution in [0.25, 0.3) is 0 Å². The topological polar surface area (TPSA) is 84.2 Å². The molecule has 0 aromatic heterocycles. The van der Waals surface area contributed by atoms with Crippen LogP contribution in [-0.4, -0.2) is 24.4 Å². The van der Waals surface area contributed by atoms with Crippen molar-refractivity contribution in [1.29, 1.82) is 0 Å². The van der Waals surface area contributed by atoms with E-state index < -0.39 is 17.8 Å². The summed E-state index contributed by atoms with van der Waals surface area (Å²) < 4.78 is 13.5. The third kappa shape index (κ3) is 5.00. The first kappa shape index (κ1) is 17.4. The smallest absolute Gasteiger partial charge is 0.253 e. The lowest BCUT2D eigenvalue weighted by molar-refractivity contribution is -0.122. The first-order valence-electron chi connectivity index (χ1n) is 6.55. The van der Waals surface area contributed by atoms with Crippen molar-refractivity contribution < 1.29 is 14.0 Å². The fraction of sp³-hybridized carbons (Fsp3) is 0.429. The Labute approximate surface area is 131 Å². The average molecular weight is 360 g/mol. The second-order valence-corrected chi connectivity index (χ2v) is 6.04. The van der Waals surface area contributed by atoms with E-state index in [1.54, 1.807) is 6.92 Å². The SMILES string of the molecule is CC(C)CNC(=O)C(C)NC(=O)c1cc(N)c(F)cc1Br. The molecule has 5 nitrogen and oxygen atoms in total. The molecule has 0 aliphatic heterocycles. The summed E-state index contributed by atoms with van der Waals surface area (Å²) in [6.45, 7) is 6.06. The molecule has 1 rings (SSSR count). The Bertz CT molecular complexity index is 549. The summed E-state index contributed by atoms with van der Waals surface area (Å²) in [5.74, 6) is -1.06. The summed E-state index contributed by atoms with van der Waals surface area (Å²) >= 11 is 3.10. The number of nitrogens with one attached hydrogen (secondary N) is 2. The molecule has 1 unspecified atom stereocenters. The molecule has 2 amide bonds. The maximum atomic E-state index is 13.2. The first-order chi connectivity index (χ1) is 9.72. The van der Waals surface area contributed by atoms with Crippen LogP contribution < -0.4 is 16.4 Å². The normalized spacial score (nSPS) is 12.1. The second-order valence-electron chi connectivity index (χ2n) is 5.19. The van der Waals surface area contributed by atoms with Crippen LogP contribution in [0.15, 0.2) is 16.6 Å². The maximum Gasteiger partial charge on any atom is 0.253 e. The highest BCUT2D eigenvalue weighted by atomic mass is 79.9. The number of nitrogens with two attached hydrogens (primary N) is 1. The van der Waals surface area contributed by atoms with Gasteiger partial charge in [0.15, 0.2) is 0 Å². The van der Waals surface area contributed by atoms with Crippen molar-refractivity contribution in [2.24, 2.45) is 5.92 Å². The molecule has 0 fully saturated rings. The monoisotopic (exact) mass is 359 g/mol. The van der Waals surface area contributed by atoms with Crippen molar-refractivity contribution in [2.45, 2.75) is 26.8 Å². The van der Waals surface area contributed by atoms with E-state index in [-0.39, 0.29) is 21.6 Å². The summed E-state index contributed by atoms with van der Waals surface area (Å²) in [6, 6.07) is 1.65. The van der Waals surface area contributed by atoms with Gasteiger partial charge in [0.05, 0.1) is 11.3 Å². The highest BCUT2D eigenvalue weighted by Crippen LogP contribution is 2.22. The molecule has 0 bridgehead atoms. The van der Waals surface area contributed by atoms with Gasteiger partial charge in [0, 0.05) is 11.0 Å². The largest absolute Gasteiger partial charge is 0.396 e. The van der Waals surface area contributed by atoms with Crippen molar-refractivity contribution in [3.8, 4) is 0 Å². The predicted molar refractivity (Wildman–Crippen MR) is 83.3 cm³/mol. The molecular weight excluding hydrogens is 341 g/mol. The zero-order chi connectivity index (χ0) is 16.2. The lowest BCUT2D eigenvalue weighted by Gasteiger charge is -2.16. The number of rotatable bonds is 5. The third-order valence-electron chi connectivity index (χ3n) is 2.76. The van der Waals surface area contributed by atoms with Gasteiger partial charge in [-0.2, -0.15) is 0 Å². The first-order valence-corrected chi connectivity index (χ1v) is 7.34. The lowest BCUT2D eigenvalue weighted by Crippen LogP contribution is -2.45. The minimum Gasteiger partial charge on any atom is -0.396 e. The second kappa shape index (κ2) is 7.40. The number of amides is 2. The number of carbonyl (C=O) groups excluding carboxylic acids is 2. The molecule has 0 radical (unpaired) electrons. The number of carbonyl (C=O) groups is 2. The highest BCUT2D eigenvalue weighted by molar-refractivity contribution is 9.10. The number of anilines is 1. The summed E-state index contributed by atoms with van der Waals surface area (Å²) in [4.78, 5) is 23.9. The Balaban J connectivity index is 2.73. The van der Waals surface area contributed by atoms with Crippen LogP contribution >= 0.6 is 15.9 Å². The van der Waals surface area contributed by atoms with Crippen molar-refractivity contribution in [2.75, 3.05) is 12.3 Å². The van der Waals surface area contributed by atoms with Gasteiger partial charge in [-0.3, -0.25) is 9.59 Å². The van der Waals surface area contributed by atoms with E-state index in [0.29, 0.717) is 12.5 Å². The van der Waals surface area contributed by atoms with E-state index in [2.05, 4.69) is 26.6 Å². The van der Waals surface area contributed by atoms with E-state index >= 15 is 0 Å². The lowest BCUT2D eigenvalue weighted by atomic mass is 10.1. The van der Waals surface area contributed by atoms with Crippen LogP contribution in [0.5, 0.6) is 0 Å². The van der Waals surface area contributed by atoms with E-state index in [0.717, 1.165) is 6.07 Å². The van der Waals surface area contributed by atoms with Crippen LogP contribution in [0.1, 0.15) is 31.1 Å². The molecule has 7 heteroatoms. The fourth-order valence-corrected chi connectivity index (χ4v) is 2.03. The summed E-state index contributed by atoms with van der Waals surface area (Å²) in [5, 5.41) is 5.27. The van der Waals surface area contributed by atoms with Crippen molar-refractivity contribution in [3.05, 3.63) is 28.0 Å². The standard InChI is InChI=1S/C14H19BrFN3O2/c1-7(2)6-18-13(20)8(3)19-14(21)9-4-12(17)11(16)5-10(9)15/h4-5,7-8H,6,17H2,1-3H3,(H,18,20)(H,19,21). The van der Waals surface area contributed by atoms with Gasteiger partial charge < -0.3 is 16.4 Å². The zero-order valence-corrected chi connectivity index (χ0v) is 13.8. The van der Waals surface area contributed by atoms with Crippen LogP contribution in [0, 0.1) is 11.7 Å². The van der Waals surface area contributed by atoms with Gasteiger partial charge in [-0.15, -0.1) is 0 Å². The van der Waals surface area contributed by atoms with Gasteiger partial charge in [0.1, 0.15) is 11.9 Å². The third-order valence-corrected chi connectivity index (χ3v) is 3.41. The molecule has 4 N–H and O–H groups in total. The quantitative estimate of drug-likeness (QED) is 0.703.